The van der Waals surface area contributed by atoms with Gasteiger partial charge in [-0.05, 0) is 18.2 Å². The van der Waals surface area contributed by atoms with Crippen LogP contribution in [0.5, 0.6) is 5.75 Å². The SMILES string of the molecule is O=C(O)CN(CC(=O)O)C(=O)c1ccc(O)c(F)c1. The standard InChI is InChI=1S/C11H10FNO6/c12-7-3-6(1-2-8(7)14)11(19)13(4-9(15)16)5-10(17)18/h1-3,14H,4-5H2,(H,15,16)(H,17,18). The number of aromatic hydroxyl groups is 1. The van der Waals surface area contributed by atoms with Crippen molar-refractivity contribution >= 4 is 17.8 Å². The fourth-order valence-electron chi connectivity index (χ4n) is 1.35. The van der Waals surface area contributed by atoms with Crippen LogP contribution in [0.2, 0.25) is 0 Å². The Bertz CT molecular complexity index is 514. The highest BCUT2D eigenvalue weighted by Gasteiger charge is 2.21. The first-order valence-electron chi connectivity index (χ1n) is 5.02. The molecule has 1 amide bonds. The number of hydrogen-bond acceptors (Lipinski definition) is 4. The predicted molar refractivity (Wildman–Crippen MR) is 59.2 cm³/mol. The van der Waals surface area contributed by atoms with Gasteiger partial charge in [-0.25, -0.2) is 4.39 Å². The van der Waals surface area contributed by atoms with E-state index in [0.29, 0.717) is 11.0 Å². The van der Waals surface area contributed by atoms with Gasteiger partial charge < -0.3 is 20.2 Å². The minimum absolute atomic E-state index is 0.252. The van der Waals surface area contributed by atoms with E-state index in [2.05, 4.69) is 0 Å². The molecule has 0 saturated heterocycles. The number of phenols is 1. The molecule has 0 radical (unpaired) electrons. The Hall–Kier alpha value is -2.64. The third-order valence-corrected chi connectivity index (χ3v) is 2.13. The number of carbonyl (C=O) groups is 3. The van der Waals surface area contributed by atoms with E-state index in [4.69, 9.17) is 15.3 Å². The first-order chi connectivity index (χ1) is 8.81. The van der Waals surface area contributed by atoms with Crippen molar-refractivity contribution in [2.75, 3.05) is 13.1 Å². The van der Waals surface area contributed by atoms with E-state index < -0.39 is 42.5 Å². The molecule has 0 spiro atoms. The van der Waals surface area contributed by atoms with E-state index in [1.54, 1.807) is 0 Å². The number of carboxylic acids is 2. The third-order valence-electron chi connectivity index (χ3n) is 2.13. The Labute approximate surface area is 106 Å². The summed E-state index contributed by atoms with van der Waals surface area (Å²) in [6.45, 7) is -1.65. The van der Waals surface area contributed by atoms with Crippen LogP contribution in [0.25, 0.3) is 0 Å². The molecule has 0 heterocycles. The summed E-state index contributed by atoms with van der Waals surface area (Å²) in [5, 5.41) is 26.1. The molecule has 1 aromatic rings. The van der Waals surface area contributed by atoms with Crippen molar-refractivity contribution in [2.45, 2.75) is 0 Å². The second kappa shape index (κ2) is 5.80. The molecule has 3 N–H and O–H groups in total. The van der Waals surface area contributed by atoms with Crippen LogP contribution in [0.1, 0.15) is 10.4 Å². The van der Waals surface area contributed by atoms with Gasteiger partial charge in [-0.1, -0.05) is 0 Å². The van der Waals surface area contributed by atoms with Crippen molar-refractivity contribution in [3.8, 4) is 5.75 Å². The maximum absolute atomic E-state index is 13.1. The number of benzene rings is 1. The molecule has 1 aromatic carbocycles. The molecule has 0 unspecified atom stereocenters. The van der Waals surface area contributed by atoms with Gasteiger partial charge in [0.1, 0.15) is 13.1 Å². The van der Waals surface area contributed by atoms with E-state index >= 15 is 0 Å². The summed E-state index contributed by atoms with van der Waals surface area (Å²) in [6.07, 6.45) is 0. The molecular weight excluding hydrogens is 261 g/mol. The molecule has 0 aromatic heterocycles. The van der Waals surface area contributed by atoms with E-state index in [0.717, 1.165) is 12.1 Å². The Kier molecular flexibility index (Phi) is 4.41. The maximum Gasteiger partial charge on any atom is 0.323 e. The molecule has 19 heavy (non-hydrogen) atoms. The van der Waals surface area contributed by atoms with Crippen LogP contribution >= 0.6 is 0 Å². The average Bonchev–Trinajstić information content (AvgIpc) is 2.29. The number of amides is 1. The number of hydrogen-bond donors (Lipinski definition) is 3. The van der Waals surface area contributed by atoms with Crippen molar-refractivity contribution < 1.29 is 34.1 Å². The van der Waals surface area contributed by atoms with Crippen LogP contribution in [0.3, 0.4) is 0 Å². The summed E-state index contributed by atoms with van der Waals surface area (Å²) in [5.41, 5.74) is -0.252. The highest BCUT2D eigenvalue weighted by Crippen LogP contribution is 2.17. The minimum atomic E-state index is -1.39. The number of nitrogens with zero attached hydrogens (tertiary/aromatic N) is 1. The summed E-state index contributed by atoms with van der Waals surface area (Å²) in [4.78, 5) is 33.5. The summed E-state index contributed by atoms with van der Waals surface area (Å²) >= 11 is 0. The number of rotatable bonds is 5. The van der Waals surface area contributed by atoms with Crippen molar-refractivity contribution in [3.05, 3.63) is 29.6 Å². The van der Waals surface area contributed by atoms with E-state index in [9.17, 15) is 18.8 Å². The summed E-state index contributed by atoms with van der Waals surface area (Å²) in [7, 11) is 0. The van der Waals surface area contributed by atoms with Gasteiger partial charge in [0.2, 0.25) is 0 Å². The summed E-state index contributed by atoms with van der Waals surface area (Å²) in [6, 6.07) is 2.69. The van der Waals surface area contributed by atoms with E-state index in [-0.39, 0.29) is 5.56 Å². The Balaban J connectivity index is 3.00. The van der Waals surface area contributed by atoms with Gasteiger partial charge in [-0.3, -0.25) is 14.4 Å². The van der Waals surface area contributed by atoms with Crippen LogP contribution in [-0.4, -0.2) is 51.2 Å². The zero-order valence-electron chi connectivity index (χ0n) is 9.54. The largest absolute Gasteiger partial charge is 0.505 e. The van der Waals surface area contributed by atoms with Crippen LogP contribution < -0.4 is 0 Å². The lowest BCUT2D eigenvalue weighted by molar-refractivity contribution is -0.140. The molecule has 102 valence electrons. The Morgan fingerprint density at radius 3 is 2.05 bits per heavy atom. The molecule has 0 aliphatic carbocycles. The molecule has 7 nitrogen and oxygen atoms in total. The van der Waals surface area contributed by atoms with Gasteiger partial charge in [-0.2, -0.15) is 0 Å². The molecular formula is C11H10FNO6. The highest BCUT2D eigenvalue weighted by atomic mass is 19.1. The Morgan fingerprint density at radius 2 is 1.63 bits per heavy atom. The van der Waals surface area contributed by atoms with Gasteiger partial charge in [-0.15, -0.1) is 0 Å². The van der Waals surface area contributed by atoms with Crippen LogP contribution in [0.4, 0.5) is 4.39 Å². The van der Waals surface area contributed by atoms with Crippen molar-refractivity contribution in [1.82, 2.24) is 4.90 Å². The second-order valence-corrected chi connectivity index (χ2v) is 3.61. The number of phenolic OH excluding ortho intramolecular Hbond substituents is 1. The van der Waals surface area contributed by atoms with Crippen molar-refractivity contribution in [1.29, 1.82) is 0 Å². The fourth-order valence-corrected chi connectivity index (χ4v) is 1.35. The topological polar surface area (TPSA) is 115 Å². The molecule has 0 saturated carbocycles. The maximum atomic E-state index is 13.1. The second-order valence-electron chi connectivity index (χ2n) is 3.61. The quantitative estimate of drug-likeness (QED) is 0.701. The van der Waals surface area contributed by atoms with E-state index in [1.165, 1.54) is 0 Å². The normalized spacial score (nSPS) is 9.95. The number of halogens is 1. The van der Waals surface area contributed by atoms with Crippen LogP contribution in [0.15, 0.2) is 18.2 Å². The van der Waals surface area contributed by atoms with Crippen LogP contribution in [0, 0.1) is 5.82 Å². The number of carbonyl (C=O) groups excluding carboxylic acids is 1. The minimum Gasteiger partial charge on any atom is -0.505 e. The fraction of sp³-hybridized carbons (Fsp3) is 0.182. The van der Waals surface area contributed by atoms with Crippen molar-refractivity contribution in [2.24, 2.45) is 0 Å². The molecule has 0 fully saturated rings. The van der Waals surface area contributed by atoms with Gasteiger partial charge in [0.05, 0.1) is 0 Å². The van der Waals surface area contributed by atoms with E-state index in [1.807, 2.05) is 0 Å². The molecule has 0 aliphatic heterocycles. The highest BCUT2D eigenvalue weighted by molar-refractivity contribution is 5.97. The Morgan fingerprint density at radius 1 is 1.11 bits per heavy atom. The van der Waals surface area contributed by atoms with Gasteiger partial charge in [0.15, 0.2) is 11.6 Å². The average molecular weight is 271 g/mol. The lowest BCUT2D eigenvalue weighted by atomic mass is 10.2. The van der Waals surface area contributed by atoms with Crippen molar-refractivity contribution in [3.63, 3.8) is 0 Å². The zero-order valence-corrected chi connectivity index (χ0v) is 9.54. The van der Waals surface area contributed by atoms with Gasteiger partial charge >= 0.3 is 11.9 Å². The lowest BCUT2D eigenvalue weighted by Crippen LogP contribution is -2.39. The van der Waals surface area contributed by atoms with Gasteiger partial charge in [0.25, 0.3) is 5.91 Å². The van der Waals surface area contributed by atoms with Crippen LogP contribution in [-0.2, 0) is 9.59 Å². The number of carboxylic acid groups (broad SMARTS) is 2. The smallest absolute Gasteiger partial charge is 0.323 e. The third kappa shape index (κ3) is 3.95. The lowest BCUT2D eigenvalue weighted by Gasteiger charge is -2.18. The summed E-state index contributed by atoms with van der Waals surface area (Å²) < 4.78 is 13.1. The first-order valence-corrected chi connectivity index (χ1v) is 5.02. The molecule has 0 atom stereocenters. The molecule has 0 aliphatic rings. The summed E-state index contributed by atoms with van der Waals surface area (Å²) in [5.74, 6) is -5.47. The molecule has 1 rings (SSSR count). The molecule has 0 bridgehead atoms. The zero-order chi connectivity index (χ0) is 14.6. The molecule has 8 heteroatoms. The van der Waals surface area contributed by atoms with Gasteiger partial charge in [0, 0.05) is 5.56 Å². The predicted octanol–water partition coefficient (Wildman–Crippen LogP) is 0.143. The first kappa shape index (κ1) is 14.4. The monoisotopic (exact) mass is 271 g/mol. The number of aliphatic carboxylic acids is 2.